The number of benzene rings is 2. The SMILES string of the molecule is COc1cccc(CNC(=O)CSc2nc(CN3CCOCC3)nc3ccccc23)c1. The van der Waals surface area contributed by atoms with E-state index in [1.807, 2.05) is 48.5 Å². The molecule has 0 bridgehead atoms. The quantitative estimate of drug-likeness (QED) is 0.428. The van der Waals surface area contributed by atoms with Gasteiger partial charge < -0.3 is 14.8 Å². The summed E-state index contributed by atoms with van der Waals surface area (Å²) in [5, 5.41) is 4.78. The van der Waals surface area contributed by atoms with Crippen molar-refractivity contribution >= 4 is 28.6 Å². The van der Waals surface area contributed by atoms with Gasteiger partial charge in [-0.2, -0.15) is 0 Å². The highest BCUT2D eigenvalue weighted by atomic mass is 32.2. The first-order valence-corrected chi connectivity index (χ1v) is 11.3. The first kappa shape index (κ1) is 21.5. The lowest BCUT2D eigenvalue weighted by Crippen LogP contribution is -2.36. The summed E-state index contributed by atoms with van der Waals surface area (Å²) < 4.78 is 10.7. The molecule has 7 nitrogen and oxygen atoms in total. The highest BCUT2D eigenvalue weighted by Crippen LogP contribution is 2.25. The minimum atomic E-state index is -0.0368. The van der Waals surface area contributed by atoms with E-state index in [0.717, 1.165) is 59.4 Å². The Labute approximate surface area is 186 Å². The van der Waals surface area contributed by atoms with Crippen LogP contribution in [0.4, 0.5) is 0 Å². The molecule has 0 spiro atoms. The van der Waals surface area contributed by atoms with Crippen LogP contribution in [0.25, 0.3) is 10.9 Å². The molecule has 1 aliphatic heterocycles. The van der Waals surface area contributed by atoms with Crippen LogP contribution in [-0.2, 0) is 22.6 Å². The number of para-hydroxylation sites is 1. The Morgan fingerprint density at radius 3 is 2.84 bits per heavy atom. The number of hydrogen-bond acceptors (Lipinski definition) is 7. The van der Waals surface area contributed by atoms with Gasteiger partial charge in [-0.25, -0.2) is 9.97 Å². The van der Waals surface area contributed by atoms with Crippen LogP contribution >= 0.6 is 11.8 Å². The average Bonchev–Trinajstić information content (AvgIpc) is 2.82. The van der Waals surface area contributed by atoms with Crippen LogP contribution in [0.15, 0.2) is 53.6 Å². The molecule has 2 aromatic carbocycles. The fourth-order valence-corrected chi connectivity index (χ4v) is 4.27. The van der Waals surface area contributed by atoms with E-state index in [4.69, 9.17) is 19.4 Å². The van der Waals surface area contributed by atoms with Crippen LogP contribution in [0, 0.1) is 0 Å². The van der Waals surface area contributed by atoms with E-state index in [2.05, 4.69) is 10.2 Å². The van der Waals surface area contributed by atoms with Gasteiger partial charge in [-0.05, 0) is 23.8 Å². The van der Waals surface area contributed by atoms with Crippen molar-refractivity contribution in [2.45, 2.75) is 18.1 Å². The maximum atomic E-state index is 12.5. The largest absolute Gasteiger partial charge is 0.497 e. The summed E-state index contributed by atoms with van der Waals surface area (Å²) in [6.45, 7) is 4.38. The Balaban J connectivity index is 1.41. The number of aromatic nitrogens is 2. The molecular weight excluding hydrogens is 412 g/mol. The zero-order valence-corrected chi connectivity index (χ0v) is 18.4. The molecule has 1 fully saturated rings. The van der Waals surface area contributed by atoms with Crippen molar-refractivity contribution in [2.75, 3.05) is 39.2 Å². The smallest absolute Gasteiger partial charge is 0.230 e. The van der Waals surface area contributed by atoms with E-state index in [1.165, 1.54) is 11.8 Å². The number of carbonyl (C=O) groups is 1. The molecule has 1 aromatic heterocycles. The summed E-state index contributed by atoms with van der Waals surface area (Å²) in [4.78, 5) is 24.3. The monoisotopic (exact) mass is 438 g/mol. The Kier molecular flexibility index (Phi) is 7.35. The predicted molar refractivity (Wildman–Crippen MR) is 121 cm³/mol. The second kappa shape index (κ2) is 10.6. The lowest BCUT2D eigenvalue weighted by atomic mass is 10.2. The zero-order chi connectivity index (χ0) is 21.5. The van der Waals surface area contributed by atoms with Crippen LogP contribution in [0.2, 0.25) is 0 Å². The van der Waals surface area contributed by atoms with E-state index < -0.39 is 0 Å². The van der Waals surface area contributed by atoms with Gasteiger partial charge in [0.25, 0.3) is 0 Å². The van der Waals surface area contributed by atoms with Gasteiger partial charge in [0.1, 0.15) is 16.6 Å². The average molecular weight is 439 g/mol. The number of thioether (sulfide) groups is 1. The molecule has 162 valence electrons. The van der Waals surface area contributed by atoms with Gasteiger partial charge in [-0.3, -0.25) is 9.69 Å². The molecule has 1 amide bonds. The van der Waals surface area contributed by atoms with Crippen molar-refractivity contribution in [1.82, 2.24) is 20.2 Å². The van der Waals surface area contributed by atoms with Gasteiger partial charge >= 0.3 is 0 Å². The van der Waals surface area contributed by atoms with Gasteiger partial charge in [0.05, 0.1) is 38.1 Å². The highest BCUT2D eigenvalue weighted by molar-refractivity contribution is 8.00. The lowest BCUT2D eigenvalue weighted by Gasteiger charge is -2.25. The highest BCUT2D eigenvalue weighted by Gasteiger charge is 2.15. The normalized spacial score (nSPS) is 14.5. The van der Waals surface area contributed by atoms with E-state index in [9.17, 15) is 4.79 Å². The number of nitrogens with zero attached hydrogens (tertiary/aromatic N) is 3. The molecule has 0 aliphatic carbocycles. The molecule has 31 heavy (non-hydrogen) atoms. The van der Waals surface area contributed by atoms with Crippen molar-refractivity contribution in [3.05, 3.63) is 59.9 Å². The van der Waals surface area contributed by atoms with E-state index in [1.54, 1.807) is 7.11 Å². The minimum absolute atomic E-state index is 0.0368. The maximum absolute atomic E-state index is 12.5. The topological polar surface area (TPSA) is 76.6 Å². The van der Waals surface area contributed by atoms with Crippen LogP contribution in [-0.4, -0.2) is 59.9 Å². The van der Waals surface area contributed by atoms with Gasteiger partial charge in [-0.15, -0.1) is 0 Å². The Bertz CT molecular complexity index is 1040. The summed E-state index contributed by atoms with van der Waals surface area (Å²) in [6.07, 6.45) is 0. The molecule has 2 heterocycles. The van der Waals surface area contributed by atoms with E-state index in [0.29, 0.717) is 18.8 Å². The number of ether oxygens (including phenoxy) is 2. The third kappa shape index (κ3) is 5.94. The molecule has 1 aliphatic rings. The molecular formula is C23H26N4O3S. The molecule has 1 N–H and O–H groups in total. The first-order chi connectivity index (χ1) is 15.2. The number of amides is 1. The standard InChI is InChI=1S/C23H26N4O3S/c1-29-18-6-4-5-17(13-18)14-24-22(28)16-31-23-19-7-2-3-8-20(19)25-21(26-23)15-27-9-11-30-12-10-27/h2-8,13H,9-12,14-16H2,1H3,(H,24,28). The second-order valence-electron chi connectivity index (χ2n) is 7.27. The third-order valence-electron chi connectivity index (χ3n) is 5.05. The predicted octanol–water partition coefficient (Wildman–Crippen LogP) is 2.88. The van der Waals surface area contributed by atoms with Gasteiger partial charge in [-0.1, -0.05) is 42.1 Å². The van der Waals surface area contributed by atoms with Crippen molar-refractivity contribution in [3.8, 4) is 5.75 Å². The van der Waals surface area contributed by atoms with Gasteiger partial charge in [0, 0.05) is 25.0 Å². The number of morpholine rings is 1. The summed E-state index contributed by atoms with van der Waals surface area (Å²) >= 11 is 1.45. The molecule has 0 atom stereocenters. The molecule has 3 aromatic rings. The number of rotatable bonds is 8. The van der Waals surface area contributed by atoms with Crippen molar-refractivity contribution in [1.29, 1.82) is 0 Å². The number of hydrogen-bond donors (Lipinski definition) is 1. The second-order valence-corrected chi connectivity index (χ2v) is 8.23. The van der Waals surface area contributed by atoms with E-state index >= 15 is 0 Å². The summed E-state index contributed by atoms with van der Waals surface area (Å²) in [5.74, 6) is 1.81. The van der Waals surface area contributed by atoms with Gasteiger partial charge in [0.2, 0.25) is 5.91 Å². The molecule has 4 rings (SSSR count). The fourth-order valence-electron chi connectivity index (χ4n) is 3.40. The third-order valence-corrected chi connectivity index (χ3v) is 6.04. The van der Waals surface area contributed by atoms with Crippen LogP contribution < -0.4 is 10.1 Å². The summed E-state index contributed by atoms with van der Waals surface area (Å²) in [7, 11) is 1.63. The van der Waals surface area contributed by atoms with Crippen molar-refractivity contribution in [2.24, 2.45) is 0 Å². The Hall–Kier alpha value is -2.68. The number of carbonyl (C=O) groups excluding carboxylic acids is 1. The minimum Gasteiger partial charge on any atom is -0.497 e. The molecule has 0 saturated carbocycles. The van der Waals surface area contributed by atoms with Crippen LogP contribution in [0.5, 0.6) is 5.75 Å². The van der Waals surface area contributed by atoms with Crippen LogP contribution in [0.1, 0.15) is 11.4 Å². The fraction of sp³-hybridized carbons (Fsp3) is 0.348. The number of methoxy groups -OCH3 is 1. The summed E-state index contributed by atoms with van der Waals surface area (Å²) in [5.41, 5.74) is 1.90. The summed E-state index contributed by atoms with van der Waals surface area (Å²) in [6, 6.07) is 15.6. The maximum Gasteiger partial charge on any atom is 0.230 e. The van der Waals surface area contributed by atoms with Crippen LogP contribution in [0.3, 0.4) is 0 Å². The molecule has 1 saturated heterocycles. The van der Waals surface area contributed by atoms with E-state index in [-0.39, 0.29) is 5.91 Å². The lowest BCUT2D eigenvalue weighted by molar-refractivity contribution is -0.118. The molecule has 0 unspecified atom stereocenters. The number of nitrogens with one attached hydrogen (secondary N) is 1. The zero-order valence-electron chi connectivity index (χ0n) is 17.5. The Morgan fingerprint density at radius 1 is 1.16 bits per heavy atom. The Morgan fingerprint density at radius 2 is 2.00 bits per heavy atom. The van der Waals surface area contributed by atoms with Gasteiger partial charge in [0.15, 0.2) is 0 Å². The van der Waals surface area contributed by atoms with Crippen molar-refractivity contribution in [3.63, 3.8) is 0 Å². The number of fused-ring (bicyclic) bond motifs is 1. The first-order valence-electron chi connectivity index (χ1n) is 10.3. The van der Waals surface area contributed by atoms with Crippen molar-refractivity contribution < 1.29 is 14.3 Å². The molecule has 0 radical (unpaired) electrons. The molecule has 8 heteroatoms.